The molecule has 1 fully saturated rings. The average Bonchev–Trinajstić information content (AvgIpc) is 2.94. The van der Waals surface area contributed by atoms with Gasteiger partial charge in [-0.1, -0.05) is 37.6 Å². The SMILES string of the molecule is CCCCOCCCNC(=NC)NCc1ccc(CN2CCCN(C)CC2)cc1.I. The minimum absolute atomic E-state index is 0. The van der Waals surface area contributed by atoms with Crippen molar-refractivity contribution in [2.24, 2.45) is 4.99 Å². The smallest absolute Gasteiger partial charge is 0.191 e. The normalized spacial score (nSPS) is 16.0. The summed E-state index contributed by atoms with van der Waals surface area (Å²) in [6.07, 6.45) is 4.58. The number of benzene rings is 1. The van der Waals surface area contributed by atoms with E-state index >= 15 is 0 Å². The van der Waals surface area contributed by atoms with E-state index in [4.69, 9.17) is 4.74 Å². The van der Waals surface area contributed by atoms with Crippen molar-refractivity contribution < 1.29 is 4.74 Å². The maximum atomic E-state index is 5.59. The Labute approximate surface area is 200 Å². The highest BCUT2D eigenvalue weighted by Gasteiger charge is 2.12. The highest BCUT2D eigenvalue weighted by molar-refractivity contribution is 14.0. The Morgan fingerprint density at radius 3 is 2.47 bits per heavy atom. The zero-order valence-corrected chi connectivity index (χ0v) is 21.5. The first kappa shape index (κ1) is 27.1. The molecule has 1 saturated heterocycles. The molecular weight excluding hydrogens is 489 g/mol. The van der Waals surface area contributed by atoms with Gasteiger partial charge in [0.1, 0.15) is 0 Å². The van der Waals surface area contributed by atoms with Crippen molar-refractivity contribution in [3.63, 3.8) is 0 Å². The summed E-state index contributed by atoms with van der Waals surface area (Å²) in [4.78, 5) is 9.29. The highest BCUT2D eigenvalue weighted by Crippen LogP contribution is 2.10. The van der Waals surface area contributed by atoms with E-state index in [1.54, 1.807) is 0 Å². The molecule has 2 N–H and O–H groups in total. The Morgan fingerprint density at radius 1 is 1.00 bits per heavy atom. The zero-order valence-electron chi connectivity index (χ0n) is 19.2. The average molecular weight is 532 g/mol. The molecule has 30 heavy (non-hydrogen) atoms. The molecule has 7 heteroatoms. The molecule has 0 spiro atoms. The first-order valence-electron chi connectivity index (χ1n) is 11.2. The van der Waals surface area contributed by atoms with Crippen molar-refractivity contribution in [2.75, 3.05) is 60.0 Å². The number of nitrogens with one attached hydrogen (secondary N) is 2. The lowest BCUT2D eigenvalue weighted by Crippen LogP contribution is -2.37. The van der Waals surface area contributed by atoms with Crippen LogP contribution in [0.3, 0.4) is 0 Å². The molecule has 1 aromatic rings. The molecule has 2 rings (SSSR count). The number of guanidine groups is 1. The summed E-state index contributed by atoms with van der Waals surface area (Å²) in [5.74, 6) is 0.844. The van der Waals surface area contributed by atoms with Crippen LogP contribution in [-0.2, 0) is 17.8 Å². The molecule has 0 amide bonds. The van der Waals surface area contributed by atoms with E-state index in [0.717, 1.165) is 58.2 Å². The number of unbranched alkanes of at least 4 members (excludes halogenated alkanes) is 1. The summed E-state index contributed by atoms with van der Waals surface area (Å²) in [6.45, 7) is 11.3. The summed E-state index contributed by atoms with van der Waals surface area (Å²) in [5.41, 5.74) is 2.67. The van der Waals surface area contributed by atoms with Crippen molar-refractivity contribution in [3.05, 3.63) is 35.4 Å². The van der Waals surface area contributed by atoms with Crippen LogP contribution in [-0.4, -0.2) is 75.8 Å². The Hall–Kier alpha value is -0.900. The molecule has 0 unspecified atom stereocenters. The van der Waals surface area contributed by atoms with Gasteiger partial charge < -0.3 is 20.3 Å². The molecule has 1 aliphatic heterocycles. The van der Waals surface area contributed by atoms with Gasteiger partial charge in [-0.15, -0.1) is 24.0 Å². The maximum absolute atomic E-state index is 5.59. The van der Waals surface area contributed by atoms with Crippen LogP contribution in [0, 0.1) is 0 Å². The van der Waals surface area contributed by atoms with Gasteiger partial charge in [0, 0.05) is 53.0 Å². The number of ether oxygens (including phenoxy) is 1. The van der Waals surface area contributed by atoms with Crippen LogP contribution in [0.5, 0.6) is 0 Å². The summed E-state index contributed by atoms with van der Waals surface area (Å²) >= 11 is 0. The fourth-order valence-corrected chi connectivity index (χ4v) is 3.41. The van der Waals surface area contributed by atoms with E-state index in [9.17, 15) is 0 Å². The molecule has 1 heterocycles. The van der Waals surface area contributed by atoms with Crippen LogP contribution in [0.2, 0.25) is 0 Å². The van der Waals surface area contributed by atoms with Crippen LogP contribution in [0.25, 0.3) is 0 Å². The third kappa shape index (κ3) is 11.5. The first-order chi connectivity index (χ1) is 14.2. The van der Waals surface area contributed by atoms with Crippen LogP contribution >= 0.6 is 24.0 Å². The molecule has 0 bridgehead atoms. The van der Waals surface area contributed by atoms with Gasteiger partial charge >= 0.3 is 0 Å². The predicted octanol–water partition coefficient (Wildman–Crippen LogP) is 3.31. The number of nitrogens with zero attached hydrogens (tertiary/aromatic N) is 3. The van der Waals surface area contributed by atoms with Crippen LogP contribution in [0.1, 0.15) is 43.7 Å². The molecule has 0 saturated carbocycles. The molecule has 0 atom stereocenters. The summed E-state index contributed by atoms with van der Waals surface area (Å²) < 4.78 is 5.59. The molecule has 1 aromatic carbocycles. The molecule has 0 aliphatic carbocycles. The van der Waals surface area contributed by atoms with Gasteiger partial charge in [-0.3, -0.25) is 9.89 Å². The van der Waals surface area contributed by atoms with E-state index in [0.29, 0.717) is 0 Å². The Kier molecular flexibility index (Phi) is 15.2. The maximum Gasteiger partial charge on any atom is 0.191 e. The van der Waals surface area contributed by atoms with Crippen molar-refractivity contribution in [1.29, 1.82) is 0 Å². The number of hydrogen-bond donors (Lipinski definition) is 2. The molecule has 172 valence electrons. The molecule has 0 radical (unpaired) electrons. The Balaban J connectivity index is 0.00000450. The van der Waals surface area contributed by atoms with E-state index < -0.39 is 0 Å². The monoisotopic (exact) mass is 531 g/mol. The quantitative estimate of drug-likeness (QED) is 0.199. The second kappa shape index (κ2) is 16.8. The van der Waals surface area contributed by atoms with Gasteiger partial charge in [-0.2, -0.15) is 0 Å². The van der Waals surface area contributed by atoms with Gasteiger partial charge in [0.05, 0.1) is 0 Å². The summed E-state index contributed by atoms with van der Waals surface area (Å²) in [7, 11) is 4.03. The second-order valence-electron chi connectivity index (χ2n) is 7.92. The minimum atomic E-state index is 0. The Bertz CT molecular complexity index is 581. The van der Waals surface area contributed by atoms with Crippen molar-refractivity contribution in [3.8, 4) is 0 Å². The van der Waals surface area contributed by atoms with Gasteiger partial charge in [0.2, 0.25) is 0 Å². The third-order valence-corrected chi connectivity index (χ3v) is 5.32. The predicted molar refractivity (Wildman–Crippen MR) is 138 cm³/mol. The molecule has 1 aliphatic rings. The first-order valence-corrected chi connectivity index (χ1v) is 11.2. The zero-order chi connectivity index (χ0) is 20.7. The standard InChI is InChI=1S/C23H41N5O.HI/c1-4-5-17-29-18-6-12-25-23(24-2)26-19-21-8-10-22(11-9-21)20-28-14-7-13-27(3)15-16-28;/h8-11H,4-7,12-20H2,1-3H3,(H2,24,25,26);1H. The van der Waals surface area contributed by atoms with E-state index in [2.05, 4.69) is 63.7 Å². The molecule has 6 nitrogen and oxygen atoms in total. The van der Waals surface area contributed by atoms with Gasteiger partial charge in [0.15, 0.2) is 5.96 Å². The topological polar surface area (TPSA) is 52.1 Å². The van der Waals surface area contributed by atoms with Gasteiger partial charge in [0.25, 0.3) is 0 Å². The van der Waals surface area contributed by atoms with E-state index in [1.807, 2.05) is 7.05 Å². The summed E-state index contributed by atoms with van der Waals surface area (Å²) in [5, 5.41) is 6.75. The van der Waals surface area contributed by atoms with E-state index in [-0.39, 0.29) is 24.0 Å². The van der Waals surface area contributed by atoms with Gasteiger partial charge in [-0.25, -0.2) is 0 Å². The largest absolute Gasteiger partial charge is 0.381 e. The Morgan fingerprint density at radius 2 is 1.73 bits per heavy atom. The fourth-order valence-electron chi connectivity index (χ4n) is 3.41. The van der Waals surface area contributed by atoms with E-state index in [1.165, 1.54) is 43.6 Å². The van der Waals surface area contributed by atoms with Crippen LogP contribution in [0.15, 0.2) is 29.3 Å². The van der Waals surface area contributed by atoms with Crippen LogP contribution in [0.4, 0.5) is 0 Å². The van der Waals surface area contributed by atoms with Gasteiger partial charge in [-0.05, 0) is 50.5 Å². The highest BCUT2D eigenvalue weighted by atomic mass is 127. The third-order valence-electron chi connectivity index (χ3n) is 5.32. The number of rotatable bonds is 11. The number of aliphatic imine (C=N–C) groups is 1. The summed E-state index contributed by atoms with van der Waals surface area (Å²) in [6, 6.07) is 8.97. The number of likely N-dealkylation sites (N-methyl/N-ethyl adjacent to an activating group) is 1. The van der Waals surface area contributed by atoms with Crippen molar-refractivity contribution >= 4 is 29.9 Å². The number of hydrogen-bond acceptors (Lipinski definition) is 4. The molecule has 0 aromatic heterocycles. The molecular formula is C23H42IN5O. The lowest BCUT2D eigenvalue weighted by molar-refractivity contribution is 0.129. The lowest BCUT2D eigenvalue weighted by atomic mass is 10.1. The van der Waals surface area contributed by atoms with Crippen molar-refractivity contribution in [1.82, 2.24) is 20.4 Å². The van der Waals surface area contributed by atoms with Crippen molar-refractivity contribution in [2.45, 2.75) is 45.7 Å². The van der Waals surface area contributed by atoms with Crippen LogP contribution < -0.4 is 10.6 Å². The lowest BCUT2D eigenvalue weighted by Gasteiger charge is -2.20. The number of halogens is 1. The minimum Gasteiger partial charge on any atom is -0.381 e. The fraction of sp³-hybridized carbons (Fsp3) is 0.696. The second-order valence-corrected chi connectivity index (χ2v) is 7.92.